The third-order valence-electron chi connectivity index (χ3n) is 4.60. The van der Waals surface area contributed by atoms with Crippen molar-refractivity contribution in [3.63, 3.8) is 0 Å². The number of aromatic nitrogens is 3. The summed E-state index contributed by atoms with van der Waals surface area (Å²) >= 11 is 4.77. The Morgan fingerprint density at radius 2 is 1.84 bits per heavy atom. The number of nitrogens with zero attached hydrogens (tertiary/aromatic N) is 3. The number of benzene rings is 2. The molecule has 1 heterocycles. The van der Waals surface area contributed by atoms with Crippen molar-refractivity contribution in [2.24, 2.45) is 0 Å². The topological polar surface area (TPSA) is 88.9 Å². The zero-order valence-electron chi connectivity index (χ0n) is 17.6. The molecule has 0 aliphatic carbocycles. The normalized spacial score (nSPS) is 10.7. The number of anilines is 1. The van der Waals surface area contributed by atoms with Crippen molar-refractivity contribution in [2.75, 3.05) is 11.1 Å². The Morgan fingerprint density at radius 1 is 1.10 bits per heavy atom. The SMILES string of the molecule is CCn1c(CNC(=O)c2ccc(C)cc2)nnc1SCC(=O)Nc1ccc(Br)c(C)c1. The predicted octanol–water partition coefficient (Wildman–Crippen LogP) is 4.34. The Balaban J connectivity index is 1.56. The minimum Gasteiger partial charge on any atom is -0.345 e. The molecular formula is C22H24BrN5O2S. The highest BCUT2D eigenvalue weighted by Crippen LogP contribution is 2.21. The summed E-state index contributed by atoms with van der Waals surface area (Å²) in [6.07, 6.45) is 0. The third-order valence-corrected chi connectivity index (χ3v) is 6.46. The minimum absolute atomic E-state index is 0.119. The molecule has 31 heavy (non-hydrogen) atoms. The molecule has 2 amide bonds. The van der Waals surface area contributed by atoms with E-state index in [0.717, 1.165) is 21.3 Å². The van der Waals surface area contributed by atoms with Gasteiger partial charge in [0.15, 0.2) is 11.0 Å². The van der Waals surface area contributed by atoms with Crippen LogP contribution < -0.4 is 10.6 Å². The number of thioether (sulfide) groups is 1. The molecule has 0 aliphatic rings. The Kier molecular flexibility index (Phi) is 7.86. The van der Waals surface area contributed by atoms with Crippen molar-refractivity contribution in [2.45, 2.75) is 39.0 Å². The summed E-state index contributed by atoms with van der Waals surface area (Å²) in [5.41, 5.74) is 3.50. The highest BCUT2D eigenvalue weighted by atomic mass is 79.9. The predicted molar refractivity (Wildman–Crippen MR) is 126 cm³/mol. The molecule has 2 aromatic carbocycles. The standard InChI is InChI=1S/C22H24BrN5O2S/c1-4-28-19(12-24-21(30)16-7-5-14(2)6-8-16)26-27-22(28)31-13-20(29)25-17-9-10-18(23)15(3)11-17/h5-11H,4,12-13H2,1-3H3,(H,24,30)(H,25,29). The van der Waals surface area contributed by atoms with Gasteiger partial charge in [-0.15, -0.1) is 10.2 Å². The molecule has 0 atom stereocenters. The zero-order valence-corrected chi connectivity index (χ0v) is 20.0. The van der Waals surface area contributed by atoms with E-state index in [1.165, 1.54) is 11.8 Å². The van der Waals surface area contributed by atoms with Gasteiger partial charge in [-0.3, -0.25) is 9.59 Å². The maximum Gasteiger partial charge on any atom is 0.251 e. The summed E-state index contributed by atoms with van der Waals surface area (Å²) in [4.78, 5) is 24.7. The lowest BCUT2D eigenvalue weighted by molar-refractivity contribution is -0.113. The van der Waals surface area contributed by atoms with E-state index in [4.69, 9.17) is 0 Å². The van der Waals surface area contributed by atoms with Gasteiger partial charge >= 0.3 is 0 Å². The Bertz CT molecular complexity index is 1080. The fourth-order valence-corrected chi connectivity index (χ4v) is 3.96. The van der Waals surface area contributed by atoms with E-state index < -0.39 is 0 Å². The summed E-state index contributed by atoms with van der Waals surface area (Å²) in [6.45, 7) is 6.82. The van der Waals surface area contributed by atoms with Crippen LogP contribution in [-0.4, -0.2) is 32.3 Å². The lowest BCUT2D eigenvalue weighted by atomic mass is 10.1. The van der Waals surface area contributed by atoms with Gasteiger partial charge in [0.05, 0.1) is 12.3 Å². The van der Waals surface area contributed by atoms with E-state index in [9.17, 15) is 9.59 Å². The van der Waals surface area contributed by atoms with Gasteiger partial charge in [0.1, 0.15) is 0 Å². The molecule has 0 saturated carbocycles. The van der Waals surface area contributed by atoms with E-state index in [2.05, 4.69) is 36.8 Å². The number of amides is 2. The van der Waals surface area contributed by atoms with Gasteiger partial charge in [-0.1, -0.05) is 45.4 Å². The number of hydrogen-bond donors (Lipinski definition) is 2. The molecule has 3 aromatic rings. The number of halogens is 1. The Hall–Kier alpha value is -2.65. The van der Waals surface area contributed by atoms with Crippen LogP contribution in [0.2, 0.25) is 0 Å². The molecule has 162 valence electrons. The van der Waals surface area contributed by atoms with Gasteiger partial charge in [-0.25, -0.2) is 0 Å². The average molecular weight is 502 g/mol. The van der Waals surface area contributed by atoms with E-state index in [1.807, 2.05) is 55.7 Å². The summed E-state index contributed by atoms with van der Waals surface area (Å²) in [5.74, 6) is 0.577. The van der Waals surface area contributed by atoms with Crippen LogP contribution >= 0.6 is 27.7 Å². The van der Waals surface area contributed by atoms with E-state index in [-0.39, 0.29) is 24.1 Å². The lowest BCUT2D eigenvalue weighted by Gasteiger charge is -2.09. The van der Waals surface area contributed by atoms with E-state index in [1.54, 1.807) is 12.1 Å². The van der Waals surface area contributed by atoms with E-state index in [0.29, 0.717) is 23.1 Å². The van der Waals surface area contributed by atoms with Crippen molar-refractivity contribution < 1.29 is 9.59 Å². The van der Waals surface area contributed by atoms with Crippen LogP contribution in [-0.2, 0) is 17.9 Å². The van der Waals surface area contributed by atoms with Gasteiger partial charge in [0, 0.05) is 22.3 Å². The van der Waals surface area contributed by atoms with Crippen molar-refractivity contribution in [3.05, 3.63) is 69.5 Å². The number of aryl methyl sites for hydroxylation is 2. The molecule has 0 fully saturated rings. The molecular weight excluding hydrogens is 478 g/mol. The van der Waals surface area contributed by atoms with Gasteiger partial charge in [-0.2, -0.15) is 0 Å². The van der Waals surface area contributed by atoms with Crippen molar-refractivity contribution in [3.8, 4) is 0 Å². The van der Waals surface area contributed by atoms with Gasteiger partial charge < -0.3 is 15.2 Å². The van der Waals surface area contributed by atoms with Crippen molar-refractivity contribution in [1.29, 1.82) is 0 Å². The molecule has 1 aromatic heterocycles. The summed E-state index contributed by atoms with van der Waals surface area (Å²) in [5, 5.41) is 14.8. The number of carbonyl (C=O) groups is 2. The van der Waals surface area contributed by atoms with Crippen LogP contribution in [0.25, 0.3) is 0 Å². The molecule has 0 radical (unpaired) electrons. The zero-order chi connectivity index (χ0) is 22.4. The third kappa shape index (κ3) is 6.18. The molecule has 0 saturated heterocycles. The summed E-state index contributed by atoms with van der Waals surface area (Å²) in [6, 6.07) is 13.1. The molecule has 0 unspecified atom stereocenters. The van der Waals surface area contributed by atoms with Crippen LogP contribution in [0, 0.1) is 13.8 Å². The summed E-state index contributed by atoms with van der Waals surface area (Å²) in [7, 11) is 0. The quantitative estimate of drug-likeness (QED) is 0.448. The first-order valence-electron chi connectivity index (χ1n) is 9.83. The first kappa shape index (κ1) is 23.0. The van der Waals surface area contributed by atoms with Crippen LogP contribution in [0.3, 0.4) is 0 Å². The molecule has 3 rings (SSSR count). The first-order valence-corrected chi connectivity index (χ1v) is 11.6. The second-order valence-corrected chi connectivity index (χ2v) is 8.79. The number of hydrogen-bond acceptors (Lipinski definition) is 5. The van der Waals surface area contributed by atoms with Gasteiger partial charge in [0.25, 0.3) is 5.91 Å². The fourth-order valence-electron chi connectivity index (χ4n) is 2.89. The van der Waals surface area contributed by atoms with Crippen molar-refractivity contribution >= 4 is 45.2 Å². The van der Waals surface area contributed by atoms with Crippen LogP contribution in [0.5, 0.6) is 0 Å². The Labute approximate surface area is 194 Å². The van der Waals surface area contributed by atoms with Crippen LogP contribution in [0.15, 0.2) is 52.1 Å². The maximum atomic E-state index is 12.3. The largest absolute Gasteiger partial charge is 0.345 e. The monoisotopic (exact) mass is 501 g/mol. The molecule has 0 spiro atoms. The van der Waals surface area contributed by atoms with Crippen molar-refractivity contribution in [1.82, 2.24) is 20.1 Å². The van der Waals surface area contributed by atoms with Crippen LogP contribution in [0.4, 0.5) is 5.69 Å². The molecule has 9 heteroatoms. The molecule has 2 N–H and O–H groups in total. The second-order valence-electron chi connectivity index (χ2n) is 6.99. The fraction of sp³-hybridized carbons (Fsp3) is 0.273. The minimum atomic E-state index is -0.163. The highest BCUT2D eigenvalue weighted by Gasteiger charge is 2.15. The van der Waals surface area contributed by atoms with E-state index >= 15 is 0 Å². The summed E-state index contributed by atoms with van der Waals surface area (Å²) < 4.78 is 2.90. The molecule has 7 nitrogen and oxygen atoms in total. The average Bonchev–Trinajstić information content (AvgIpc) is 3.15. The lowest BCUT2D eigenvalue weighted by Crippen LogP contribution is -2.24. The van der Waals surface area contributed by atoms with Crippen LogP contribution in [0.1, 0.15) is 34.2 Å². The smallest absolute Gasteiger partial charge is 0.251 e. The number of rotatable bonds is 8. The molecule has 0 aliphatic heterocycles. The highest BCUT2D eigenvalue weighted by molar-refractivity contribution is 9.10. The maximum absolute atomic E-state index is 12.3. The van der Waals surface area contributed by atoms with Gasteiger partial charge in [-0.05, 0) is 56.7 Å². The number of carbonyl (C=O) groups excluding carboxylic acids is 2. The first-order chi connectivity index (χ1) is 14.9. The molecule has 0 bridgehead atoms. The second kappa shape index (κ2) is 10.6. The Morgan fingerprint density at radius 3 is 2.52 bits per heavy atom. The number of nitrogens with one attached hydrogen (secondary N) is 2. The van der Waals surface area contributed by atoms with Gasteiger partial charge in [0.2, 0.25) is 5.91 Å².